The van der Waals surface area contributed by atoms with Gasteiger partial charge in [0.1, 0.15) is 12.4 Å². The number of nitrogens with one attached hydrogen (secondary N) is 2. The second-order valence-electron chi connectivity index (χ2n) is 6.30. The Labute approximate surface area is 179 Å². The molecule has 2 N–H and O–H groups in total. The molecule has 1 aliphatic heterocycles. The van der Waals surface area contributed by atoms with Crippen LogP contribution in [0.5, 0.6) is 5.75 Å². The molecule has 0 bridgehead atoms. The van der Waals surface area contributed by atoms with Crippen molar-refractivity contribution in [2.45, 2.75) is 32.2 Å². The van der Waals surface area contributed by atoms with Gasteiger partial charge < -0.3 is 15.4 Å². The smallest absolute Gasteiger partial charge is 0.251 e. The standard InChI is InChI=1S/C18H26F4N4O.HI/c1-2-23-18(25-13-5-8-26(9-6-13)12-17(21)22)24-7-10-27-14-3-4-15(19)16(20)11-14;/h3-4,11,13,17H,2,5-10,12H2,1H3,(H2,23,24,25);1H. The lowest BCUT2D eigenvalue weighted by Crippen LogP contribution is -2.49. The third kappa shape index (κ3) is 8.80. The van der Waals surface area contributed by atoms with Gasteiger partial charge in [0, 0.05) is 31.7 Å². The molecule has 0 aromatic heterocycles. The van der Waals surface area contributed by atoms with Crippen LogP contribution in [-0.2, 0) is 0 Å². The highest BCUT2D eigenvalue weighted by atomic mass is 127. The molecule has 1 aliphatic rings. The third-order valence-corrected chi connectivity index (χ3v) is 4.19. The molecule has 1 aromatic rings. The Bertz CT molecular complexity index is 613. The van der Waals surface area contributed by atoms with Crippen LogP contribution in [0.25, 0.3) is 0 Å². The first-order valence-corrected chi connectivity index (χ1v) is 9.11. The molecule has 0 atom stereocenters. The van der Waals surface area contributed by atoms with Crippen LogP contribution in [0.15, 0.2) is 23.2 Å². The summed E-state index contributed by atoms with van der Waals surface area (Å²) in [5, 5.41) is 6.43. The van der Waals surface area contributed by atoms with Crippen LogP contribution in [0, 0.1) is 11.6 Å². The molecule has 1 fully saturated rings. The quantitative estimate of drug-likeness (QED) is 0.183. The Morgan fingerprint density at radius 3 is 2.57 bits per heavy atom. The first-order chi connectivity index (χ1) is 13.0. The van der Waals surface area contributed by atoms with Crippen molar-refractivity contribution < 1.29 is 22.3 Å². The fourth-order valence-corrected chi connectivity index (χ4v) is 2.86. The molecular weight excluding hydrogens is 491 g/mol. The van der Waals surface area contributed by atoms with Crippen molar-refractivity contribution in [3.63, 3.8) is 0 Å². The Morgan fingerprint density at radius 2 is 1.96 bits per heavy atom. The first-order valence-electron chi connectivity index (χ1n) is 9.11. The van der Waals surface area contributed by atoms with E-state index in [1.54, 1.807) is 4.90 Å². The molecule has 0 radical (unpaired) electrons. The van der Waals surface area contributed by atoms with Crippen LogP contribution in [-0.4, -0.2) is 62.7 Å². The van der Waals surface area contributed by atoms with Gasteiger partial charge in [0.25, 0.3) is 6.43 Å². The number of halogens is 5. The number of aliphatic imine (C=N–C) groups is 1. The van der Waals surface area contributed by atoms with Gasteiger partial charge in [-0.05, 0) is 31.9 Å². The van der Waals surface area contributed by atoms with Gasteiger partial charge in [0.05, 0.1) is 13.1 Å². The van der Waals surface area contributed by atoms with E-state index in [4.69, 9.17) is 4.74 Å². The van der Waals surface area contributed by atoms with Crippen LogP contribution in [0.3, 0.4) is 0 Å². The van der Waals surface area contributed by atoms with E-state index in [9.17, 15) is 17.6 Å². The highest BCUT2D eigenvalue weighted by Gasteiger charge is 2.21. The van der Waals surface area contributed by atoms with Crippen LogP contribution in [0.4, 0.5) is 17.6 Å². The predicted octanol–water partition coefficient (Wildman–Crippen LogP) is 3.25. The summed E-state index contributed by atoms with van der Waals surface area (Å²) in [6.45, 7) is 4.25. The van der Waals surface area contributed by atoms with Gasteiger partial charge in [-0.2, -0.15) is 0 Å². The SMILES string of the molecule is CCNC(=NCCOc1ccc(F)c(F)c1)NC1CCN(CC(F)F)CC1.I. The zero-order valence-electron chi connectivity index (χ0n) is 15.8. The molecule has 28 heavy (non-hydrogen) atoms. The maximum absolute atomic E-state index is 13.1. The minimum Gasteiger partial charge on any atom is -0.492 e. The maximum Gasteiger partial charge on any atom is 0.251 e. The second kappa shape index (κ2) is 13.0. The Morgan fingerprint density at radius 1 is 1.25 bits per heavy atom. The second-order valence-corrected chi connectivity index (χ2v) is 6.30. The number of piperidine rings is 1. The number of ether oxygens (including phenoxy) is 1. The van der Waals surface area contributed by atoms with Crippen LogP contribution >= 0.6 is 24.0 Å². The Balaban J connectivity index is 0.00000392. The fraction of sp³-hybridized carbons (Fsp3) is 0.611. The summed E-state index contributed by atoms with van der Waals surface area (Å²) in [6.07, 6.45) is -0.770. The van der Waals surface area contributed by atoms with E-state index >= 15 is 0 Å². The van der Waals surface area contributed by atoms with E-state index in [1.807, 2.05) is 6.92 Å². The van der Waals surface area contributed by atoms with Gasteiger partial charge in [0.15, 0.2) is 17.6 Å². The minimum atomic E-state index is -2.30. The van der Waals surface area contributed by atoms with Crippen LogP contribution in [0.2, 0.25) is 0 Å². The highest BCUT2D eigenvalue weighted by molar-refractivity contribution is 14.0. The molecule has 10 heteroatoms. The number of benzene rings is 1. The third-order valence-electron chi connectivity index (χ3n) is 4.19. The van der Waals surface area contributed by atoms with Crippen LogP contribution in [0.1, 0.15) is 19.8 Å². The number of hydrogen-bond donors (Lipinski definition) is 2. The average Bonchev–Trinajstić information content (AvgIpc) is 2.63. The average molecular weight is 518 g/mol. The van der Waals surface area contributed by atoms with Crippen LogP contribution < -0.4 is 15.4 Å². The minimum absolute atomic E-state index is 0. The van der Waals surface area contributed by atoms with Crippen molar-refractivity contribution in [2.75, 3.05) is 39.3 Å². The van der Waals surface area contributed by atoms with Gasteiger partial charge >= 0.3 is 0 Å². The summed E-state index contributed by atoms with van der Waals surface area (Å²) in [5.41, 5.74) is 0. The Kier molecular flexibility index (Phi) is 11.5. The lowest BCUT2D eigenvalue weighted by atomic mass is 10.1. The van der Waals surface area contributed by atoms with Gasteiger partial charge in [-0.3, -0.25) is 4.90 Å². The van der Waals surface area contributed by atoms with Crippen molar-refractivity contribution in [1.29, 1.82) is 0 Å². The van der Waals surface area contributed by atoms with E-state index < -0.39 is 18.1 Å². The molecule has 0 saturated carbocycles. The number of alkyl halides is 2. The monoisotopic (exact) mass is 518 g/mol. The topological polar surface area (TPSA) is 48.9 Å². The molecule has 160 valence electrons. The number of rotatable bonds is 8. The lowest BCUT2D eigenvalue weighted by molar-refractivity contribution is 0.0744. The van der Waals surface area contributed by atoms with E-state index in [0.717, 1.165) is 25.0 Å². The highest BCUT2D eigenvalue weighted by Crippen LogP contribution is 2.15. The van der Waals surface area contributed by atoms with Crippen molar-refractivity contribution in [3.05, 3.63) is 29.8 Å². The van der Waals surface area contributed by atoms with Gasteiger partial charge in [-0.1, -0.05) is 0 Å². The maximum atomic E-state index is 13.1. The van der Waals surface area contributed by atoms with Gasteiger partial charge in [-0.15, -0.1) is 24.0 Å². The molecule has 0 aliphatic carbocycles. The Hall–Kier alpha value is -1.30. The number of guanidine groups is 1. The molecule has 5 nitrogen and oxygen atoms in total. The molecule has 0 amide bonds. The van der Waals surface area contributed by atoms with E-state index in [-0.39, 0.29) is 48.9 Å². The first kappa shape index (κ1) is 24.7. The largest absolute Gasteiger partial charge is 0.492 e. The van der Waals surface area contributed by atoms with Crippen molar-refractivity contribution in [3.8, 4) is 5.75 Å². The summed E-state index contributed by atoms with van der Waals surface area (Å²) in [5.74, 6) is -1.00. The molecule has 0 unspecified atom stereocenters. The molecule has 0 spiro atoms. The van der Waals surface area contributed by atoms with Gasteiger partial charge in [0.2, 0.25) is 0 Å². The van der Waals surface area contributed by atoms with Crippen molar-refractivity contribution in [1.82, 2.24) is 15.5 Å². The number of hydrogen-bond acceptors (Lipinski definition) is 3. The van der Waals surface area contributed by atoms with E-state index in [2.05, 4.69) is 15.6 Å². The molecule has 1 aromatic carbocycles. The number of nitrogens with zero attached hydrogens (tertiary/aromatic N) is 2. The van der Waals surface area contributed by atoms with Gasteiger partial charge in [-0.25, -0.2) is 22.6 Å². The molecule has 1 saturated heterocycles. The van der Waals surface area contributed by atoms with E-state index in [1.165, 1.54) is 6.07 Å². The summed E-state index contributed by atoms with van der Waals surface area (Å²) in [6, 6.07) is 3.54. The van der Waals surface area contributed by atoms with Crippen molar-refractivity contribution >= 4 is 29.9 Å². The fourth-order valence-electron chi connectivity index (χ4n) is 2.86. The summed E-state index contributed by atoms with van der Waals surface area (Å²) in [7, 11) is 0. The predicted molar refractivity (Wildman–Crippen MR) is 112 cm³/mol. The summed E-state index contributed by atoms with van der Waals surface area (Å²) < 4.78 is 56.2. The summed E-state index contributed by atoms with van der Waals surface area (Å²) >= 11 is 0. The molecule has 1 heterocycles. The zero-order chi connectivity index (χ0) is 19.6. The zero-order valence-corrected chi connectivity index (χ0v) is 18.1. The normalized spacial score (nSPS) is 16.0. The van der Waals surface area contributed by atoms with Crippen molar-refractivity contribution in [2.24, 2.45) is 4.99 Å². The number of likely N-dealkylation sites (tertiary alicyclic amines) is 1. The molecular formula is C18H27F4IN4O. The molecule has 2 rings (SSSR count). The summed E-state index contributed by atoms with van der Waals surface area (Å²) in [4.78, 5) is 6.16. The lowest BCUT2D eigenvalue weighted by Gasteiger charge is -2.32. The van der Waals surface area contributed by atoms with E-state index in [0.29, 0.717) is 32.1 Å².